The number of halogens is 6. The molecule has 1 unspecified atom stereocenters. The third-order valence-corrected chi connectivity index (χ3v) is 2.57. The molecule has 0 aromatic rings. The van der Waals surface area contributed by atoms with Crippen LogP contribution in [-0.2, 0) is 9.53 Å². The first kappa shape index (κ1) is 19.1. The Morgan fingerprint density at radius 3 is 2.00 bits per heavy atom. The molecule has 0 rings (SSSR count). The summed E-state index contributed by atoms with van der Waals surface area (Å²) < 4.78 is 76.4. The first-order chi connectivity index (χ1) is 9.11. The predicted octanol–water partition coefficient (Wildman–Crippen LogP) is 4.77. The van der Waals surface area contributed by atoms with E-state index in [4.69, 9.17) is 0 Å². The fraction of sp³-hybridized carbons (Fsp3) is 0.917. The molecule has 8 heteroatoms. The average molecular weight is 308 g/mol. The lowest BCUT2D eigenvalue weighted by atomic mass is 10.1. The second-order valence-electron chi connectivity index (χ2n) is 4.46. The van der Waals surface area contributed by atoms with Crippen molar-refractivity contribution in [1.82, 2.24) is 0 Å². The van der Waals surface area contributed by atoms with Crippen molar-refractivity contribution in [3.63, 3.8) is 0 Å². The summed E-state index contributed by atoms with van der Waals surface area (Å²) in [6.07, 6.45) is -11.4. The van der Waals surface area contributed by atoms with Crippen LogP contribution in [0.5, 0.6) is 0 Å². The number of hydrogen-bond acceptors (Lipinski definition) is 2. The van der Waals surface area contributed by atoms with Gasteiger partial charge in [-0.3, -0.25) is 4.79 Å². The van der Waals surface area contributed by atoms with Crippen LogP contribution in [0, 0.1) is 0 Å². The van der Waals surface area contributed by atoms with E-state index in [-0.39, 0.29) is 6.42 Å². The van der Waals surface area contributed by atoms with E-state index in [9.17, 15) is 31.1 Å². The summed E-state index contributed by atoms with van der Waals surface area (Å²) in [6, 6.07) is 0. The van der Waals surface area contributed by atoms with Gasteiger partial charge in [0.1, 0.15) is 0 Å². The number of hydrogen-bond donors (Lipinski definition) is 0. The maximum absolute atomic E-state index is 12.7. The van der Waals surface area contributed by atoms with E-state index in [1.165, 1.54) is 0 Å². The molecule has 0 aliphatic heterocycles. The minimum absolute atomic E-state index is 0.224. The molecule has 0 radical (unpaired) electrons. The highest BCUT2D eigenvalue weighted by atomic mass is 19.4. The van der Waals surface area contributed by atoms with Crippen LogP contribution in [0.25, 0.3) is 0 Å². The number of alkyl halides is 6. The molecule has 120 valence electrons. The normalized spacial score (nSPS) is 14.2. The zero-order valence-electron chi connectivity index (χ0n) is 11.1. The molecule has 2 nitrogen and oxygen atoms in total. The van der Waals surface area contributed by atoms with Gasteiger partial charge in [-0.25, -0.2) is 4.39 Å². The standard InChI is InChI=1S/C12H18F6O2/c1-2-3-4-5-6-7-8-9(19)20-12(17,18)10(13)11(14,15)16/h10H,2-8H2,1H3. The Morgan fingerprint density at radius 1 is 1.00 bits per heavy atom. The van der Waals surface area contributed by atoms with E-state index >= 15 is 0 Å². The van der Waals surface area contributed by atoms with Gasteiger partial charge < -0.3 is 4.74 Å². The monoisotopic (exact) mass is 308 g/mol. The lowest BCUT2D eigenvalue weighted by Crippen LogP contribution is -2.44. The second-order valence-corrected chi connectivity index (χ2v) is 4.46. The molecule has 0 fully saturated rings. The molecule has 0 saturated carbocycles. The summed E-state index contributed by atoms with van der Waals surface area (Å²) in [5, 5.41) is 0. The van der Waals surface area contributed by atoms with Crippen molar-refractivity contribution >= 4 is 5.97 Å². The molecule has 0 aliphatic rings. The fourth-order valence-corrected chi connectivity index (χ4v) is 1.49. The van der Waals surface area contributed by atoms with Crippen molar-refractivity contribution in [2.24, 2.45) is 0 Å². The SMILES string of the molecule is CCCCCCCCC(=O)OC(F)(F)C(F)C(F)(F)F. The molecule has 0 aromatic carbocycles. The zero-order chi connectivity index (χ0) is 15.8. The molecule has 0 N–H and O–H groups in total. The van der Waals surface area contributed by atoms with Crippen LogP contribution in [0.2, 0.25) is 0 Å². The van der Waals surface area contributed by atoms with Crippen molar-refractivity contribution in [3.8, 4) is 0 Å². The Hall–Kier alpha value is -0.950. The van der Waals surface area contributed by atoms with Crippen molar-refractivity contribution in [3.05, 3.63) is 0 Å². The Morgan fingerprint density at radius 2 is 1.50 bits per heavy atom. The predicted molar refractivity (Wildman–Crippen MR) is 60.0 cm³/mol. The van der Waals surface area contributed by atoms with Crippen LogP contribution in [-0.4, -0.2) is 24.4 Å². The Kier molecular flexibility index (Phi) is 7.96. The second kappa shape index (κ2) is 8.36. The van der Waals surface area contributed by atoms with Crippen molar-refractivity contribution in [2.45, 2.75) is 70.3 Å². The van der Waals surface area contributed by atoms with E-state index in [1.54, 1.807) is 0 Å². The van der Waals surface area contributed by atoms with Gasteiger partial charge in [-0.1, -0.05) is 39.0 Å². The fourth-order valence-electron chi connectivity index (χ4n) is 1.49. The largest absolute Gasteiger partial charge is 0.441 e. The average Bonchev–Trinajstić information content (AvgIpc) is 2.31. The molecular weight excluding hydrogens is 290 g/mol. The Balaban J connectivity index is 4.01. The highest BCUT2D eigenvalue weighted by molar-refractivity contribution is 5.69. The number of carbonyl (C=O) groups excluding carboxylic acids is 1. The van der Waals surface area contributed by atoms with Gasteiger partial charge in [0.15, 0.2) is 0 Å². The van der Waals surface area contributed by atoms with Gasteiger partial charge in [-0.05, 0) is 6.42 Å². The molecule has 0 saturated heterocycles. The van der Waals surface area contributed by atoms with Crippen LogP contribution in [0.1, 0.15) is 51.9 Å². The maximum atomic E-state index is 12.7. The first-order valence-electron chi connectivity index (χ1n) is 6.41. The molecule has 0 bridgehead atoms. The van der Waals surface area contributed by atoms with Crippen molar-refractivity contribution in [2.75, 3.05) is 0 Å². The molecule has 20 heavy (non-hydrogen) atoms. The van der Waals surface area contributed by atoms with Gasteiger partial charge in [0.2, 0.25) is 0 Å². The van der Waals surface area contributed by atoms with Gasteiger partial charge in [0.05, 0.1) is 0 Å². The summed E-state index contributed by atoms with van der Waals surface area (Å²) in [5.74, 6) is -1.53. The van der Waals surface area contributed by atoms with Gasteiger partial charge in [0.25, 0.3) is 6.17 Å². The molecule has 0 aliphatic carbocycles. The smallest absolute Gasteiger partial charge is 0.398 e. The molecule has 1 atom stereocenters. The molecule has 0 aromatic heterocycles. The number of esters is 1. The van der Waals surface area contributed by atoms with Crippen molar-refractivity contribution < 1.29 is 35.9 Å². The number of ether oxygens (including phenoxy) is 1. The first-order valence-corrected chi connectivity index (χ1v) is 6.41. The van der Waals surface area contributed by atoms with Gasteiger partial charge in [-0.15, -0.1) is 0 Å². The third kappa shape index (κ3) is 7.59. The number of rotatable bonds is 9. The van der Waals surface area contributed by atoms with Crippen LogP contribution in [0.15, 0.2) is 0 Å². The number of carbonyl (C=O) groups is 1. The topological polar surface area (TPSA) is 26.3 Å². The summed E-state index contributed by atoms with van der Waals surface area (Å²) in [7, 11) is 0. The minimum Gasteiger partial charge on any atom is -0.398 e. The highest BCUT2D eigenvalue weighted by Crippen LogP contribution is 2.35. The lowest BCUT2D eigenvalue weighted by Gasteiger charge is -2.21. The van der Waals surface area contributed by atoms with Crippen LogP contribution in [0.3, 0.4) is 0 Å². The summed E-state index contributed by atoms with van der Waals surface area (Å²) in [6.45, 7) is 2.01. The summed E-state index contributed by atoms with van der Waals surface area (Å²) >= 11 is 0. The Bertz CT molecular complexity index is 290. The maximum Gasteiger partial charge on any atom is 0.441 e. The molecule has 0 heterocycles. The highest BCUT2D eigenvalue weighted by Gasteiger charge is 2.59. The van der Waals surface area contributed by atoms with E-state index in [2.05, 4.69) is 4.74 Å². The van der Waals surface area contributed by atoms with E-state index in [0.29, 0.717) is 6.42 Å². The molecule has 0 spiro atoms. The summed E-state index contributed by atoms with van der Waals surface area (Å²) in [4.78, 5) is 10.9. The molecule has 0 amide bonds. The van der Waals surface area contributed by atoms with E-state index in [1.807, 2.05) is 6.92 Å². The number of unbranched alkanes of at least 4 members (excludes halogenated alkanes) is 5. The van der Waals surface area contributed by atoms with Crippen LogP contribution in [0.4, 0.5) is 26.3 Å². The van der Waals surface area contributed by atoms with E-state index < -0.39 is 30.8 Å². The van der Waals surface area contributed by atoms with Gasteiger partial charge in [0, 0.05) is 6.42 Å². The van der Waals surface area contributed by atoms with E-state index in [0.717, 1.165) is 25.7 Å². The lowest BCUT2D eigenvalue weighted by molar-refractivity contribution is -0.322. The minimum atomic E-state index is -5.77. The van der Waals surface area contributed by atoms with Gasteiger partial charge >= 0.3 is 18.3 Å². The van der Waals surface area contributed by atoms with Crippen LogP contribution >= 0.6 is 0 Å². The van der Waals surface area contributed by atoms with Gasteiger partial charge in [-0.2, -0.15) is 22.0 Å². The zero-order valence-corrected chi connectivity index (χ0v) is 11.1. The van der Waals surface area contributed by atoms with Crippen molar-refractivity contribution in [1.29, 1.82) is 0 Å². The Labute approximate surface area is 113 Å². The third-order valence-electron chi connectivity index (χ3n) is 2.57. The van der Waals surface area contributed by atoms with Crippen LogP contribution < -0.4 is 0 Å². The summed E-state index contributed by atoms with van der Waals surface area (Å²) in [5.41, 5.74) is 0. The quantitative estimate of drug-likeness (QED) is 0.348. The molecular formula is C12H18F6O2.